The van der Waals surface area contributed by atoms with Gasteiger partial charge in [0.1, 0.15) is 0 Å². The van der Waals surface area contributed by atoms with E-state index in [9.17, 15) is 9.59 Å². The van der Waals surface area contributed by atoms with Crippen molar-refractivity contribution < 1.29 is 9.59 Å². The van der Waals surface area contributed by atoms with Gasteiger partial charge in [0.2, 0.25) is 5.91 Å². The van der Waals surface area contributed by atoms with E-state index in [0.717, 1.165) is 43.8 Å². The van der Waals surface area contributed by atoms with Crippen LogP contribution >= 0.6 is 11.3 Å². The minimum absolute atomic E-state index is 0.156. The molecule has 126 valence electrons. The summed E-state index contributed by atoms with van der Waals surface area (Å²) in [4.78, 5) is 30.1. The first-order valence-corrected chi connectivity index (χ1v) is 9.36. The average molecular weight is 335 g/mol. The molecule has 0 spiro atoms. The molecule has 1 aliphatic carbocycles. The lowest BCUT2D eigenvalue weighted by Gasteiger charge is -2.20. The minimum Gasteiger partial charge on any atom is -0.369 e. The van der Waals surface area contributed by atoms with Crippen LogP contribution in [-0.2, 0) is 17.6 Å². The number of nitrogens with two attached hydrogens (primary N) is 1. The minimum atomic E-state index is -0.299. The normalized spacial score (nSPS) is 19.7. The number of fused-ring (bicyclic) bond motifs is 1. The molecule has 1 aromatic rings. The van der Waals surface area contributed by atoms with Crippen LogP contribution in [-0.4, -0.2) is 54.3 Å². The van der Waals surface area contributed by atoms with Gasteiger partial charge in [-0.05, 0) is 43.7 Å². The third kappa shape index (κ3) is 4.12. The molecule has 23 heavy (non-hydrogen) atoms. The summed E-state index contributed by atoms with van der Waals surface area (Å²) in [6.07, 6.45) is 6.91. The summed E-state index contributed by atoms with van der Waals surface area (Å²) in [5.41, 5.74) is 6.66. The maximum atomic E-state index is 12.8. The Morgan fingerprint density at radius 3 is 2.70 bits per heavy atom. The molecule has 0 atom stereocenters. The van der Waals surface area contributed by atoms with Crippen LogP contribution < -0.4 is 5.73 Å². The third-order valence-electron chi connectivity index (χ3n) is 4.71. The summed E-state index contributed by atoms with van der Waals surface area (Å²) >= 11 is 1.69. The van der Waals surface area contributed by atoms with Crippen molar-refractivity contribution >= 4 is 23.2 Å². The fraction of sp³-hybridized carbons (Fsp3) is 0.647. The maximum Gasteiger partial charge on any atom is 0.263 e. The number of thiophene rings is 1. The van der Waals surface area contributed by atoms with Crippen LogP contribution in [0.5, 0.6) is 0 Å². The molecular weight excluding hydrogens is 310 g/mol. The molecule has 0 saturated carbocycles. The molecule has 6 heteroatoms. The predicted octanol–water partition coefficient (Wildman–Crippen LogP) is 1.65. The second-order valence-corrected chi connectivity index (χ2v) is 7.64. The summed E-state index contributed by atoms with van der Waals surface area (Å²) < 4.78 is 0. The van der Waals surface area contributed by atoms with E-state index < -0.39 is 0 Å². The van der Waals surface area contributed by atoms with Gasteiger partial charge in [0.15, 0.2) is 0 Å². The van der Waals surface area contributed by atoms with E-state index in [4.69, 9.17) is 5.73 Å². The van der Waals surface area contributed by atoms with E-state index >= 15 is 0 Å². The number of hydrogen-bond donors (Lipinski definition) is 1. The van der Waals surface area contributed by atoms with Gasteiger partial charge in [0, 0.05) is 31.1 Å². The van der Waals surface area contributed by atoms with Crippen LogP contribution in [0.25, 0.3) is 0 Å². The number of rotatable bonds is 3. The fourth-order valence-electron chi connectivity index (χ4n) is 3.48. The first-order valence-electron chi connectivity index (χ1n) is 8.55. The van der Waals surface area contributed by atoms with Crippen molar-refractivity contribution in [1.82, 2.24) is 9.80 Å². The number of aryl methyl sites for hydroxylation is 2. The van der Waals surface area contributed by atoms with Gasteiger partial charge in [-0.2, -0.15) is 0 Å². The SMILES string of the molecule is NC(=O)CN1CCCN(C(=O)c2cc3c(s2)CCCCC3)CC1. The van der Waals surface area contributed by atoms with Crippen molar-refractivity contribution in [2.45, 2.75) is 38.5 Å². The lowest BCUT2D eigenvalue weighted by atomic mass is 10.1. The molecule has 2 N–H and O–H groups in total. The van der Waals surface area contributed by atoms with Crippen LogP contribution in [0.3, 0.4) is 0 Å². The molecule has 0 aromatic carbocycles. The zero-order valence-electron chi connectivity index (χ0n) is 13.6. The van der Waals surface area contributed by atoms with E-state index in [-0.39, 0.29) is 18.4 Å². The lowest BCUT2D eigenvalue weighted by Crippen LogP contribution is -2.38. The molecule has 1 fully saturated rings. The summed E-state index contributed by atoms with van der Waals surface area (Å²) in [6, 6.07) is 2.12. The highest BCUT2D eigenvalue weighted by molar-refractivity contribution is 7.14. The molecule has 1 aromatic heterocycles. The van der Waals surface area contributed by atoms with Crippen molar-refractivity contribution in [2.75, 3.05) is 32.7 Å². The number of nitrogens with zero attached hydrogens (tertiary/aromatic N) is 2. The molecule has 1 saturated heterocycles. The zero-order valence-corrected chi connectivity index (χ0v) is 14.4. The van der Waals surface area contributed by atoms with E-state index in [1.807, 2.05) is 9.80 Å². The lowest BCUT2D eigenvalue weighted by molar-refractivity contribution is -0.119. The van der Waals surface area contributed by atoms with E-state index in [1.165, 1.54) is 29.7 Å². The quantitative estimate of drug-likeness (QED) is 0.854. The van der Waals surface area contributed by atoms with Crippen LogP contribution in [0.15, 0.2) is 6.07 Å². The van der Waals surface area contributed by atoms with Gasteiger partial charge in [-0.3, -0.25) is 14.5 Å². The highest BCUT2D eigenvalue weighted by Gasteiger charge is 2.23. The number of hydrogen-bond acceptors (Lipinski definition) is 4. The van der Waals surface area contributed by atoms with Crippen molar-refractivity contribution in [3.8, 4) is 0 Å². The Kier molecular flexibility index (Phi) is 5.33. The van der Waals surface area contributed by atoms with Gasteiger partial charge in [-0.1, -0.05) is 6.42 Å². The number of primary amides is 1. The van der Waals surface area contributed by atoms with Gasteiger partial charge in [0.05, 0.1) is 11.4 Å². The van der Waals surface area contributed by atoms with Crippen molar-refractivity contribution in [2.24, 2.45) is 5.73 Å². The largest absolute Gasteiger partial charge is 0.369 e. The molecular formula is C17H25N3O2S. The Morgan fingerprint density at radius 2 is 1.87 bits per heavy atom. The standard InChI is InChI=1S/C17H25N3O2S/c18-16(21)12-19-7-4-8-20(10-9-19)17(22)15-11-13-5-2-1-3-6-14(13)23-15/h11H,1-10,12H2,(H2,18,21). The molecule has 0 unspecified atom stereocenters. The first-order chi connectivity index (χ1) is 11.1. The van der Waals surface area contributed by atoms with E-state index in [0.29, 0.717) is 6.54 Å². The van der Waals surface area contributed by atoms with Crippen LogP contribution in [0.4, 0.5) is 0 Å². The molecule has 2 heterocycles. The molecule has 2 aliphatic rings. The summed E-state index contributed by atoms with van der Waals surface area (Å²) in [5.74, 6) is -0.143. The maximum absolute atomic E-state index is 12.8. The highest BCUT2D eigenvalue weighted by atomic mass is 32.1. The monoisotopic (exact) mass is 335 g/mol. The third-order valence-corrected chi connectivity index (χ3v) is 5.94. The zero-order chi connectivity index (χ0) is 16.2. The number of carbonyl (C=O) groups is 2. The summed E-state index contributed by atoms with van der Waals surface area (Å²) in [5, 5.41) is 0. The van der Waals surface area contributed by atoms with Gasteiger partial charge in [-0.25, -0.2) is 0 Å². The van der Waals surface area contributed by atoms with Crippen LogP contribution in [0.2, 0.25) is 0 Å². The van der Waals surface area contributed by atoms with Gasteiger partial charge in [-0.15, -0.1) is 11.3 Å². The van der Waals surface area contributed by atoms with Gasteiger partial charge >= 0.3 is 0 Å². The fourth-order valence-corrected chi connectivity index (χ4v) is 4.70. The summed E-state index contributed by atoms with van der Waals surface area (Å²) in [6.45, 7) is 3.27. The molecule has 0 radical (unpaired) electrons. The smallest absolute Gasteiger partial charge is 0.263 e. The average Bonchev–Trinajstić information content (AvgIpc) is 2.67. The van der Waals surface area contributed by atoms with Gasteiger partial charge in [0.25, 0.3) is 5.91 Å². The Balaban J connectivity index is 1.65. The van der Waals surface area contributed by atoms with Crippen molar-refractivity contribution in [1.29, 1.82) is 0 Å². The Labute approximate surface area is 141 Å². The Bertz CT molecular complexity index is 561. The number of amides is 2. The highest BCUT2D eigenvalue weighted by Crippen LogP contribution is 2.29. The molecule has 1 aliphatic heterocycles. The van der Waals surface area contributed by atoms with Crippen molar-refractivity contribution in [3.63, 3.8) is 0 Å². The summed E-state index contributed by atoms with van der Waals surface area (Å²) in [7, 11) is 0. The molecule has 2 amide bonds. The van der Waals surface area contributed by atoms with Gasteiger partial charge < -0.3 is 10.6 Å². The van der Waals surface area contributed by atoms with Crippen LogP contribution in [0, 0.1) is 0 Å². The van der Waals surface area contributed by atoms with Crippen molar-refractivity contribution in [3.05, 3.63) is 21.4 Å². The Hall–Kier alpha value is -1.40. The first kappa shape index (κ1) is 16.5. The van der Waals surface area contributed by atoms with E-state index in [1.54, 1.807) is 11.3 Å². The van der Waals surface area contributed by atoms with Crippen LogP contribution in [0.1, 0.15) is 45.8 Å². The number of carbonyl (C=O) groups excluding carboxylic acids is 2. The molecule has 3 rings (SSSR count). The second kappa shape index (κ2) is 7.45. The Morgan fingerprint density at radius 1 is 1.04 bits per heavy atom. The van der Waals surface area contributed by atoms with E-state index in [2.05, 4.69) is 6.07 Å². The second-order valence-electron chi connectivity index (χ2n) is 6.51. The molecule has 5 nitrogen and oxygen atoms in total. The predicted molar refractivity (Wildman–Crippen MR) is 91.7 cm³/mol. The molecule has 0 bridgehead atoms. The topological polar surface area (TPSA) is 66.6 Å².